The Morgan fingerprint density at radius 1 is 1.23 bits per heavy atom. The van der Waals surface area contributed by atoms with Crippen LogP contribution in [0.25, 0.3) is 0 Å². The summed E-state index contributed by atoms with van der Waals surface area (Å²) in [5.41, 5.74) is 0. The molecule has 0 unspecified atom stereocenters. The van der Waals surface area contributed by atoms with Crippen molar-refractivity contribution in [1.82, 2.24) is 19.9 Å². The quantitative estimate of drug-likeness (QED) is 0.824. The Morgan fingerprint density at radius 3 is 2.59 bits per heavy atom. The monoisotopic (exact) mass is 305 g/mol. The van der Waals surface area contributed by atoms with Crippen LogP contribution in [0, 0.1) is 0 Å². The van der Waals surface area contributed by atoms with Crippen molar-refractivity contribution in [1.29, 1.82) is 0 Å². The SMILES string of the molecule is CCc1nc(N2C[C@@H]3OCC(n4cccn4)CO[C@H]3C2)no1. The van der Waals surface area contributed by atoms with E-state index in [-0.39, 0.29) is 18.2 Å². The maximum absolute atomic E-state index is 6.03. The van der Waals surface area contributed by atoms with Crippen LogP contribution in [0.15, 0.2) is 23.0 Å². The van der Waals surface area contributed by atoms with E-state index >= 15 is 0 Å². The molecule has 2 aliphatic rings. The molecule has 0 amide bonds. The number of rotatable bonds is 3. The number of anilines is 1. The summed E-state index contributed by atoms with van der Waals surface area (Å²) in [4.78, 5) is 6.43. The molecule has 0 aliphatic carbocycles. The summed E-state index contributed by atoms with van der Waals surface area (Å²) in [7, 11) is 0. The van der Waals surface area contributed by atoms with E-state index in [4.69, 9.17) is 14.0 Å². The molecule has 22 heavy (non-hydrogen) atoms. The van der Waals surface area contributed by atoms with Crippen LogP contribution in [-0.4, -0.2) is 58.4 Å². The minimum atomic E-state index is 0.0316. The Morgan fingerprint density at radius 2 is 2.00 bits per heavy atom. The largest absolute Gasteiger partial charge is 0.371 e. The van der Waals surface area contributed by atoms with Crippen molar-refractivity contribution in [2.45, 2.75) is 31.6 Å². The van der Waals surface area contributed by atoms with E-state index in [0.717, 1.165) is 19.5 Å². The topological polar surface area (TPSA) is 78.4 Å². The molecule has 0 N–H and O–H groups in total. The Labute approximate surface area is 128 Å². The number of aromatic nitrogens is 4. The molecule has 0 spiro atoms. The van der Waals surface area contributed by atoms with Gasteiger partial charge in [0.2, 0.25) is 5.89 Å². The molecule has 4 rings (SSSR count). The highest BCUT2D eigenvalue weighted by Gasteiger charge is 2.39. The molecule has 0 radical (unpaired) electrons. The zero-order valence-electron chi connectivity index (χ0n) is 12.5. The fourth-order valence-electron chi connectivity index (χ4n) is 2.91. The van der Waals surface area contributed by atoms with Crippen molar-refractivity contribution in [2.24, 2.45) is 0 Å². The van der Waals surface area contributed by atoms with Crippen molar-refractivity contribution >= 4 is 5.95 Å². The van der Waals surface area contributed by atoms with Gasteiger partial charge in [0.1, 0.15) is 12.2 Å². The van der Waals surface area contributed by atoms with Crippen LogP contribution in [0.3, 0.4) is 0 Å². The van der Waals surface area contributed by atoms with Crippen LogP contribution >= 0.6 is 0 Å². The first kappa shape index (κ1) is 13.7. The lowest BCUT2D eigenvalue weighted by Gasteiger charge is -2.17. The molecule has 2 aromatic rings. The van der Waals surface area contributed by atoms with Crippen LogP contribution < -0.4 is 4.90 Å². The smallest absolute Gasteiger partial charge is 0.266 e. The first-order valence-electron chi connectivity index (χ1n) is 7.63. The van der Waals surface area contributed by atoms with Gasteiger partial charge in [0.15, 0.2) is 0 Å². The van der Waals surface area contributed by atoms with Crippen molar-refractivity contribution in [3.8, 4) is 0 Å². The van der Waals surface area contributed by atoms with E-state index in [0.29, 0.717) is 25.1 Å². The molecule has 2 atom stereocenters. The van der Waals surface area contributed by atoms with Crippen molar-refractivity contribution in [3.05, 3.63) is 24.4 Å². The summed E-state index contributed by atoms with van der Waals surface area (Å²) in [5, 5.41) is 8.28. The van der Waals surface area contributed by atoms with Crippen molar-refractivity contribution in [3.63, 3.8) is 0 Å². The fraction of sp³-hybridized carbons (Fsp3) is 0.643. The lowest BCUT2D eigenvalue weighted by Crippen LogP contribution is -2.27. The van der Waals surface area contributed by atoms with Gasteiger partial charge in [-0.25, -0.2) is 0 Å². The highest BCUT2D eigenvalue weighted by molar-refractivity contribution is 5.31. The molecule has 8 heteroatoms. The molecule has 118 valence electrons. The lowest BCUT2D eigenvalue weighted by atomic mass is 10.3. The van der Waals surface area contributed by atoms with Gasteiger partial charge in [0, 0.05) is 31.9 Å². The minimum Gasteiger partial charge on any atom is -0.371 e. The second kappa shape index (κ2) is 5.69. The zero-order chi connectivity index (χ0) is 14.9. The Balaban J connectivity index is 1.41. The second-order valence-electron chi connectivity index (χ2n) is 5.63. The van der Waals surface area contributed by atoms with E-state index in [1.54, 1.807) is 6.20 Å². The summed E-state index contributed by atoms with van der Waals surface area (Å²) in [6, 6.07) is 2.04. The Bertz CT molecular complexity index is 598. The van der Waals surface area contributed by atoms with Gasteiger partial charge in [-0.2, -0.15) is 10.1 Å². The number of aryl methyl sites for hydroxylation is 1. The standard InChI is InChI=1S/C14H19N5O3/c1-2-13-16-14(17-22-13)18-6-11-12(7-18)21-9-10(8-20-11)19-5-3-4-15-19/h3-5,10-12H,2,6-9H2,1H3/t11-,12-/m0/s1. The number of fused-ring (bicyclic) bond motifs is 1. The lowest BCUT2D eigenvalue weighted by molar-refractivity contribution is -0.00461. The van der Waals surface area contributed by atoms with Crippen LogP contribution in [0.4, 0.5) is 5.95 Å². The van der Waals surface area contributed by atoms with Gasteiger partial charge in [-0.1, -0.05) is 6.92 Å². The maximum atomic E-state index is 6.03. The maximum Gasteiger partial charge on any atom is 0.266 e. The van der Waals surface area contributed by atoms with E-state index in [1.165, 1.54) is 0 Å². The van der Waals surface area contributed by atoms with Gasteiger partial charge in [0.05, 0.1) is 19.3 Å². The first-order valence-corrected chi connectivity index (χ1v) is 7.63. The van der Waals surface area contributed by atoms with Gasteiger partial charge < -0.3 is 18.9 Å². The molecular formula is C14H19N5O3. The summed E-state index contributed by atoms with van der Waals surface area (Å²) >= 11 is 0. The van der Waals surface area contributed by atoms with E-state index in [9.17, 15) is 0 Å². The summed E-state index contributed by atoms with van der Waals surface area (Å²) in [5.74, 6) is 1.28. The van der Waals surface area contributed by atoms with Crippen LogP contribution in [0.5, 0.6) is 0 Å². The van der Waals surface area contributed by atoms with Gasteiger partial charge in [-0.05, 0) is 11.2 Å². The predicted octanol–water partition coefficient (Wildman–Crippen LogP) is 0.674. The Hall–Kier alpha value is -1.93. The zero-order valence-corrected chi connectivity index (χ0v) is 12.5. The van der Waals surface area contributed by atoms with Gasteiger partial charge in [0.25, 0.3) is 5.95 Å². The molecular weight excluding hydrogens is 286 g/mol. The average Bonchev–Trinajstić information content (AvgIpc) is 3.26. The van der Waals surface area contributed by atoms with Crippen molar-refractivity contribution in [2.75, 3.05) is 31.2 Å². The number of hydrogen-bond acceptors (Lipinski definition) is 7. The highest BCUT2D eigenvalue weighted by atomic mass is 16.6. The average molecular weight is 305 g/mol. The minimum absolute atomic E-state index is 0.0316. The van der Waals surface area contributed by atoms with Gasteiger partial charge >= 0.3 is 0 Å². The highest BCUT2D eigenvalue weighted by Crippen LogP contribution is 2.26. The third-order valence-electron chi connectivity index (χ3n) is 4.16. The molecule has 2 aliphatic heterocycles. The molecule has 4 heterocycles. The summed E-state index contributed by atoms with van der Waals surface area (Å²) in [6.45, 7) is 4.64. The normalized spacial score (nSPS) is 26.1. The van der Waals surface area contributed by atoms with Crippen LogP contribution in [0.1, 0.15) is 18.9 Å². The van der Waals surface area contributed by atoms with E-state index < -0.39 is 0 Å². The predicted molar refractivity (Wildman–Crippen MR) is 76.6 cm³/mol. The number of nitrogens with zero attached hydrogens (tertiary/aromatic N) is 5. The van der Waals surface area contributed by atoms with Crippen LogP contribution in [0.2, 0.25) is 0 Å². The van der Waals surface area contributed by atoms with E-state index in [2.05, 4.69) is 20.1 Å². The Kier molecular flexibility index (Phi) is 3.55. The molecule has 8 nitrogen and oxygen atoms in total. The van der Waals surface area contributed by atoms with Gasteiger partial charge in [-0.3, -0.25) is 4.68 Å². The molecule has 2 fully saturated rings. The number of ether oxygens (including phenoxy) is 2. The van der Waals surface area contributed by atoms with Crippen molar-refractivity contribution < 1.29 is 14.0 Å². The van der Waals surface area contributed by atoms with Crippen LogP contribution in [-0.2, 0) is 15.9 Å². The molecule has 2 aromatic heterocycles. The van der Waals surface area contributed by atoms with E-state index in [1.807, 2.05) is 23.9 Å². The summed E-state index contributed by atoms with van der Waals surface area (Å²) < 4.78 is 19.1. The molecule has 0 aromatic carbocycles. The van der Waals surface area contributed by atoms with Gasteiger partial charge in [-0.15, -0.1) is 0 Å². The third-order valence-corrected chi connectivity index (χ3v) is 4.16. The second-order valence-corrected chi connectivity index (χ2v) is 5.63. The molecule has 0 bridgehead atoms. The first-order chi connectivity index (χ1) is 10.8. The molecule has 0 saturated carbocycles. The third kappa shape index (κ3) is 2.48. The summed E-state index contributed by atoms with van der Waals surface area (Å²) in [6.07, 6.45) is 4.52. The molecule has 2 saturated heterocycles. The fourth-order valence-corrected chi connectivity index (χ4v) is 2.91. The number of hydrogen-bond donors (Lipinski definition) is 0.